The van der Waals surface area contributed by atoms with Crippen LogP contribution in [0, 0.1) is 11.3 Å². The van der Waals surface area contributed by atoms with Crippen LogP contribution in [0.25, 0.3) is 21.7 Å². The number of esters is 1. The van der Waals surface area contributed by atoms with E-state index >= 15 is 0 Å². The minimum Gasteiger partial charge on any atom is -0.451 e. The number of rotatable bonds is 4. The zero-order valence-corrected chi connectivity index (χ0v) is 14.8. The highest BCUT2D eigenvalue weighted by molar-refractivity contribution is 6.05. The summed E-state index contributed by atoms with van der Waals surface area (Å²) in [5, 5.41) is 18.8. The Labute approximate surface area is 162 Å². The lowest BCUT2D eigenvalue weighted by molar-refractivity contribution is -0.119. The number of nitrogens with zero attached hydrogens (tertiary/aromatic N) is 2. The Morgan fingerprint density at radius 2 is 1.79 bits per heavy atom. The van der Waals surface area contributed by atoms with Crippen LogP contribution in [0.3, 0.4) is 0 Å². The Morgan fingerprint density at radius 1 is 1.10 bits per heavy atom. The molecule has 2 aromatic carbocycles. The summed E-state index contributed by atoms with van der Waals surface area (Å²) >= 11 is 0. The molecule has 4 aromatic rings. The topological polar surface area (TPSA) is 138 Å². The highest BCUT2D eigenvalue weighted by Gasteiger charge is 2.19. The smallest absolute Gasteiger partial charge is 0.359 e. The molecule has 0 unspecified atom stereocenters. The predicted octanol–water partition coefficient (Wildman–Crippen LogP) is 2.34. The molecule has 142 valence electrons. The number of anilines is 1. The van der Waals surface area contributed by atoms with E-state index in [1.807, 2.05) is 6.07 Å². The number of nitriles is 1. The summed E-state index contributed by atoms with van der Waals surface area (Å²) in [6, 6.07) is 15.1. The molecule has 4 rings (SSSR count). The van der Waals surface area contributed by atoms with E-state index in [1.165, 1.54) is 0 Å². The summed E-state index contributed by atoms with van der Waals surface area (Å²) in [7, 11) is 0. The van der Waals surface area contributed by atoms with E-state index in [0.717, 1.165) is 0 Å². The summed E-state index contributed by atoms with van der Waals surface area (Å²) in [5.41, 5.74) is 0.0993. The second-order valence-electron chi connectivity index (χ2n) is 5.99. The Morgan fingerprint density at radius 3 is 2.55 bits per heavy atom. The third kappa shape index (κ3) is 3.30. The average molecular weight is 388 g/mol. The average Bonchev–Trinajstić information content (AvgIpc) is 3.10. The number of nitrogens with one attached hydrogen (secondary N) is 2. The molecule has 2 N–H and O–H groups in total. The summed E-state index contributed by atoms with van der Waals surface area (Å²) in [6.45, 7) is -0.613. The fourth-order valence-electron chi connectivity index (χ4n) is 2.89. The van der Waals surface area contributed by atoms with Gasteiger partial charge in [-0.1, -0.05) is 30.3 Å². The van der Waals surface area contributed by atoms with Crippen LogP contribution in [0.1, 0.15) is 16.2 Å². The van der Waals surface area contributed by atoms with Crippen molar-refractivity contribution < 1.29 is 18.7 Å². The number of para-hydroxylation sites is 1. The molecule has 29 heavy (non-hydrogen) atoms. The fourth-order valence-corrected chi connectivity index (χ4v) is 2.89. The number of aromatic amines is 1. The van der Waals surface area contributed by atoms with Gasteiger partial charge in [0.15, 0.2) is 12.3 Å². The van der Waals surface area contributed by atoms with Gasteiger partial charge in [-0.3, -0.25) is 9.59 Å². The molecule has 1 amide bonds. The van der Waals surface area contributed by atoms with Crippen molar-refractivity contribution >= 4 is 39.3 Å². The first-order valence-electron chi connectivity index (χ1n) is 8.44. The normalized spacial score (nSPS) is 10.6. The van der Waals surface area contributed by atoms with Gasteiger partial charge in [0.25, 0.3) is 11.5 Å². The number of benzene rings is 2. The minimum atomic E-state index is -0.870. The van der Waals surface area contributed by atoms with Crippen molar-refractivity contribution in [3.05, 3.63) is 70.3 Å². The van der Waals surface area contributed by atoms with E-state index in [0.29, 0.717) is 16.4 Å². The number of amides is 1. The Bertz CT molecular complexity index is 1360. The molecule has 0 atom stereocenters. The number of carbonyl (C=O) groups excluding carboxylic acids is 2. The molecule has 0 radical (unpaired) electrons. The Kier molecular flexibility index (Phi) is 4.50. The SMILES string of the molecule is N#Cc1oc2ccccc2c1NC(=O)COC(=O)c1n[nH]c(=O)c2ccccc12. The second kappa shape index (κ2) is 7.28. The van der Waals surface area contributed by atoms with Crippen LogP contribution < -0.4 is 10.9 Å². The van der Waals surface area contributed by atoms with E-state index in [2.05, 4.69) is 15.5 Å². The maximum Gasteiger partial charge on any atom is 0.359 e. The maximum absolute atomic E-state index is 12.4. The van der Waals surface area contributed by atoms with Gasteiger partial charge in [-0.2, -0.15) is 10.4 Å². The molecule has 2 aromatic heterocycles. The van der Waals surface area contributed by atoms with E-state index < -0.39 is 24.0 Å². The van der Waals surface area contributed by atoms with Crippen LogP contribution in [0.5, 0.6) is 0 Å². The van der Waals surface area contributed by atoms with Crippen molar-refractivity contribution in [3.8, 4) is 6.07 Å². The predicted molar refractivity (Wildman–Crippen MR) is 102 cm³/mol. The Balaban J connectivity index is 1.51. The summed E-state index contributed by atoms with van der Waals surface area (Å²) < 4.78 is 10.4. The van der Waals surface area contributed by atoms with Crippen LogP contribution in [0.2, 0.25) is 0 Å². The fraction of sp³-hybridized carbons (Fsp3) is 0.0500. The number of ether oxygens (including phenoxy) is 1. The molecule has 0 spiro atoms. The number of hydrogen-bond acceptors (Lipinski definition) is 7. The quantitative estimate of drug-likeness (QED) is 0.512. The van der Waals surface area contributed by atoms with Gasteiger partial charge >= 0.3 is 5.97 Å². The van der Waals surface area contributed by atoms with Gasteiger partial charge in [0, 0.05) is 10.8 Å². The van der Waals surface area contributed by atoms with Gasteiger partial charge < -0.3 is 14.5 Å². The molecule has 0 bridgehead atoms. The lowest BCUT2D eigenvalue weighted by atomic mass is 10.1. The lowest BCUT2D eigenvalue weighted by Gasteiger charge is -2.07. The monoisotopic (exact) mass is 388 g/mol. The highest BCUT2D eigenvalue weighted by Crippen LogP contribution is 2.30. The zero-order chi connectivity index (χ0) is 20.4. The number of hydrogen-bond donors (Lipinski definition) is 2. The van der Waals surface area contributed by atoms with Crippen molar-refractivity contribution in [1.82, 2.24) is 10.2 Å². The lowest BCUT2D eigenvalue weighted by Crippen LogP contribution is -2.23. The Hall–Kier alpha value is -4.45. The molecule has 0 fully saturated rings. The summed E-state index contributed by atoms with van der Waals surface area (Å²) in [6.07, 6.45) is 0. The molecular formula is C20H12N4O5. The zero-order valence-electron chi connectivity index (χ0n) is 14.8. The molecule has 0 aliphatic heterocycles. The van der Waals surface area contributed by atoms with Crippen LogP contribution in [-0.4, -0.2) is 28.7 Å². The van der Waals surface area contributed by atoms with Crippen molar-refractivity contribution in [3.63, 3.8) is 0 Å². The summed E-state index contributed by atoms with van der Waals surface area (Å²) in [5.74, 6) is -1.58. The minimum absolute atomic E-state index is 0.0563. The largest absolute Gasteiger partial charge is 0.451 e. The van der Waals surface area contributed by atoms with Gasteiger partial charge in [-0.15, -0.1) is 0 Å². The molecule has 9 heteroatoms. The molecular weight excluding hydrogens is 376 g/mol. The highest BCUT2D eigenvalue weighted by atomic mass is 16.5. The van der Waals surface area contributed by atoms with Crippen molar-refractivity contribution in [2.45, 2.75) is 0 Å². The van der Waals surface area contributed by atoms with E-state index in [1.54, 1.807) is 48.5 Å². The molecule has 0 aliphatic carbocycles. The third-order valence-corrected chi connectivity index (χ3v) is 4.19. The van der Waals surface area contributed by atoms with Gasteiger partial charge in [0.2, 0.25) is 5.76 Å². The van der Waals surface area contributed by atoms with Crippen LogP contribution in [0.15, 0.2) is 57.7 Å². The molecule has 0 saturated carbocycles. The molecule has 9 nitrogen and oxygen atoms in total. The first kappa shape index (κ1) is 17.9. The van der Waals surface area contributed by atoms with Crippen molar-refractivity contribution in [1.29, 1.82) is 5.26 Å². The van der Waals surface area contributed by atoms with Crippen molar-refractivity contribution in [2.24, 2.45) is 0 Å². The number of fused-ring (bicyclic) bond motifs is 2. The molecule has 0 aliphatic rings. The van der Waals surface area contributed by atoms with Gasteiger partial charge in [-0.05, 0) is 18.2 Å². The number of carbonyl (C=O) groups is 2. The second-order valence-corrected chi connectivity index (χ2v) is 5.99. The molecule has 2 heterocycles. The number of furan rings is 1. The molecule has 0 saturated heterocycles. The first-order valence-corrected chi connectivity index (χ1v) is 8.44. The standard InChI is InChI=1S/C20H12N4O5/c21-9-15-17(13-7-3-4-8-14(13)29-15)22-16(25)10-28-20(27)18-11-5-1-2-6-12(11)19(26)24-23-18/h1-8H,10H2,(H,22,25)(H,24,26). The van der Waals surface area contributed by atoms with Crippen LogP contribution in [0.4, 0.5) is 5.69 Å². The van der Waals surface area contributed by atoms with Gasteiger partial charge in [0.05, 0.1) is 5.39 Å². The van der Waals surface area contributed by atoms with E-state index in [4.69, 9.17) is 9.15 Å². The summed E-state index contributed by atoms with van der Waals surface area (Å²) in [4.78, 5) is 36.4. The van der Waals surface area contributed by atoms with Crippen LogP contribution >= 0.6 is 0 Å². The van der Waals surface area contributed by atoms with E-state index in [-0.39, 0.29) is 22.5 Å². The van der Waals surface area contributed by atoms with Crippen LogP contribution in [-0.2, 0) is 9.53 Å². The van der Waals surface area contributed by atoms with E-state index in [9.17, 15) is 19.6 Å². The van der Waals surface area contributed by atoms with Crippen molar-refractivity contribution in [2.75, 3.05) is 11.9 Å². The number of H-pyrrole nitrogens is 1. The maximum atomic E-state index is 12.4. The third-order valence-electron chi connectivity index (χ3n) is 4.19. The van der Waals surface area contributed by atoms with Gasteiger partial charge in [0.1, 0.15) is 17.3 Å². The first-order chi connectivity index (χ1) is 14.1. The van der Waals surface area contributed by atoms with Gasteiger partial charge in [-0.25, -0.2) is 9.89 Å². The number of aromatic nitrogens is 2.